The fourth-order valence-electron chi connectivity index (χ4n) is 7.81. The fourth-order valence-corrected chi connectivity index (χ4v) is 7.81. The van der Waals surface area contributed by atoms with Crippen molar-refractivity contribution in [3.05, 3.63) is 35.7 Å². The molecule has 2 heterocycles. The van der Waals surface area contributed by atoms with E-state index in [4.69, 9.17) is 0 Å². The average Bonchev–Trinajstić information content (AvgIpc) is 3.01. The Balaban J connectivity index is 1.44. The molecule has 29 heavy (non-hydrogen) atoms. The van der Waals surface area contributed by atoms with Crippen LogP contribution in [-0.2, 0) is 11.2 Å². The van der Waals surface area contributed by atoms with E-state index in [1.165, 1.54) is 43.2 Å². The summed E-state index contributed by atoms with van der Waals surface area (Å²) in [5, 5.41) is 3.20. The molecule has 0 aromatic carbocycles. The largest absolute Gasteiger partial charge is 0.356 e. The van der Waals surface area contributed by atoms with Gasteiger partial charge in [-0.2, -0.15) is 0 Å². The molecule has 5 rings (SSSR count). The molecule has 0 radical (unpaired) electrons. The molecule has 4 aliphatic rings. The second kappa shape index (κ2) is 6.96. The van der Waals surface area contributed by atoms with Crippen molar-refractivity contribution < 1.29 is 4.79 Å². The summed E-state index contributed by atoms with van der Waals surface area (Å²) in [4.78, 5) is 16.6. The van der Waals surface area contributed by atoms with Crippen molar-refractivity contribution in [2.24, 2.45) is 34.5 Å². The Morgan fingerprint density at radius 2 is 2.00 bits per heavy atom. The summed E-state index contributed by atoms with van der Waals surface area (Å²) in [5.41, 5.74) is 4.88. The number of pyridine rings is 1. The number of aromatic nitrogens is 1. The highest BCUT2D eigenvalue weighted by Gasteiger charge is 2.58. The smallest absolute Gasteiger partial charge is 0.220 e. The minimum absolute atomic E-state index is 0.269. The van der Waals surface area contributed by atoms with Gasteiger partial charge in [0.25, 0.3) is 0 Å². The summed E-state index contributed by atoms with van der Waals surface area (Å²) in [5.74, 6) is 3.27. The Morgan fingerprint density at radius 3 is 2.83 bits per heavy atom. The number of nitrogens with one attached hydrogen (secondary N) is 1. The Labute approximate surface area is 175 Å². The first kappa shape index (κ1) is 19.3. The lowest BCUT2D eigenvalue weighted by Crippen LogP contribution is -2.52. The summed E-state index contributed by atoms with van der Waals surface area (Å²) >= 11 is 0. The lowest BCUT2D eigenvalue weighted by molar-refractivity contribution is -0.121. The standard InChI is InChI=1S/C26H36N2O/c1-4-17-13-18(15-27-14-17)21-7-8-22-20-6-5-19-16-28-24(29)10-12-25(19,2)23(20)9-11-26(21,22)3/h7,13-15,19-20,22-23H,4-6,8-12,16H2,1-3H3,(H,28,29)/t19-,20-,22-,23-,25-,26+/m0/s1. The summed E-state index contributed by atoms with van der Waals surface area (Å²) < 4.78 is 0. The van der Waals surface area contributed by atoms with Crippen molar-refractivity contribution in [1.82, 2.24) is 10.3 Å². The van der Waals surface area contributed by atoms with Crippen molar-refractivity contribution in [1.29, 1.82) is 0 Å². The molecule has 3 aliphatic carbocycles. The number of amides is 1. The number of hydrogen-bond acceptors (Lipinski definition) is 2. The van der Waals surface area contributed by atoms with Crippen LogP contribution in [0.4, 0.5) is 0 Å². The van der Waals surface area contributed by atoms with Crippen LogP contribution in [0.25, 0.3) is 5.57 Å². The molecule has 0 spiro atoms. The van der Waals surface area contributed by atoms with Crippen LogP contribution in [0.15, 0.2) is 24.5 Å². The third-order valence-electron chi connectivity index (χ3n) is 9.60. The minimum atomic E-state index is 0.269. The lowest BCUT2D eigenvalue weighted by atomic mass is 9.46. The second-order valence-electron chi connectivity index (χ2n) is 10.7. The molecule has 1 N–H and O–H groups in total. The molecule has 6 atom stereocenters. The summed E-state index contributed by atoms with van der Waals surface area (Å²) in [6.45, 7) is 8.18. The minimum Gasteiger partial charge on any atom is -0.356 e. The van der Waals surface area contributed by atoms with E-state index in [2.05, 4.69) is 49.4 Å². The van der Waals surface area contributed by atoms with Gasteiger partial charge in [-0.15, -0.1) is 0 Å². The van der Waals surface area contributed by atoms with Gasteiger partial charge in [-0.05, 0) is 102 Å². The SMILES string of the molecule is CCc1cncc(C2=CC[C@H]3[C@@H]4CC[C@H]5CNC(=O)CC[C@]5(C)[C@H]4CC[C@]23C)c1. The number of carbonyl (C=O) groups is 1. The maximum atomic E-state index is 12.1. The molecule has 1 aromatic heterocycles. The van der Waals surface area contributed by atoms with E-state index in [0.717, 1.165) is 43.6 Å². The first-order valence-electron chi connectivity index (χ1n) is 11.9. The number of rotatable bonds is 2. The number of carbonyl (C=O) groups excluding carboxylic acids is 1. The first-order chi connectivity index (χ1) is 14.0. The van der Waals surface area contributed by atoms with Gasteiger partial charge >= 0.3 is 0 Å². The maximum Gasteiger partial charge on any atom is 0.220 e. The van der Waals surface area contributed by atoms with Crippen LogP contribution >= 0.6 is 0 Å². The van der Waals surface area contributed by atoms with E-state index in [9.17, 15) is 4.79 Å². The van der Waals surface area contributed by atoms with Gasteiger partial charge in [0.05, 0.1) is 0 Å². The Kier molecular flexibility index (Phi) is 4.64. The van der Waals surface area contributed by atoms with Gasteiger partial charge in [0.1, 0.15) is 0 Å². The molecule has 1 saturated heterocycles. The van der Waals surface area contributed by atoms with Crippen LogP contribution in [0.3, 0.4) is 0 Å². The zero-order valence-electron chi connectivity index (χ0n) is 18.3. The molecule has 1 amide bonds. The van der Waals surface area contributed by atoms with E-state index in [1.54, 1.807) is 5.57 Å². The van der Waals surface area contributed by atoms with E-state index >= 15 is 0 Å². The summed E-state index contributed by atoms with van der Waals surface area (Å²) in [6.07, 6.45) is 15.9. The highest BCUT2D eigenvalue weighted by atomic mass is 16.1. The molecular weight excluding hydrogens is 356 g/mol. The van der Waals surface area contributed by atoms with Crippen LogP contribution in [-0.4, -0.2) is 17.4 Å². The number of fused-ring (bicyclic) bond motifs is 5. The van der Waals surface area contributed by atoms with Crippen LogP contribution in [0.5, 0.6) is 0 Å². The van der Waals surface area contributed by atoms with Crippen molar-refractivity contribution in [2.45, 2.75) is 72.1 Å². The highest BCUT2D eigenvalue weighted by molar-refractivity contribution is 5.76. The van der Waals surface area contributed by atoms with Crippen LogP contribution in [0.1, 0.15) is 76.8 Å². The zero-order valence-corrected chi connectivity index (χ0v) is 18.3. The van der Waals surface area contributed by atoms with E-state index in [1.807, 2.05) is 6.20 Å². The number of aryl methyl sites for hydroxylation is 1. The molecule has 3 heteroatoms. The first-order valence-corrected chi connectivity index (χ1v) is 11.9. The van der Waals surface area contributed by atoms with Crippen molar-refractivity contribution in [2.75, 3.05) is 6.54 Å². The molecule has 1 aliphatic heterocycles. The Bertz CT molecular complexity index is 845. The van der Waals surface area contributed by atoms with Gasteiger partial charge in [-0.1, -0.05) is 26.8 Å². The van der Waals surface area contributed by atoms with Crippen molar-refractivity contribution in [3.63, 3.8) is 0 Å². The number of hydrogen-bond donors (Lipinski definition) is 1. The average molecular weight is 393 g/mol. The van der Waals surface area contributed by atoms with E-state index < -0.39 is 0 Å². The number of allylic oxidation sites excluding steroid dienone is 2. The number of nitrogens with zero attached hydrogens (tertiary/aromatic N) is 1. The normalized spacial score (nSPS) is 41.5. The molecular formula is C26H36N2O. The predicted octanol–water partition coefficient (Wildman–Crippen LogP) is 5.41. The summed E-state index contributed by atoms with van der Waals surface area (Å²) in [7, 11) is 0. The van der Waals surface area contributed by atoms with Crippen LogP contribution < -0.4 is 5.32 Å². The summed E-state index contributed by atoms with van der Waals surface area (Å²) in [6, 6.07) is 2.37. The molecule has 0 bridgehead atoms. The van der Waals surface area contributed by atoms with Gasteiger partial charge in [0.15, 0.2) is 0 Å². The third kappa shape index (κ3) is 2.91. The molecule has 1 aromatic rings. The quantitative estimate of drug-likeness (QED) is 0.731. The van der Waals surface area contributed by atoms with Crippen LogP contribution in [0, 0.1) is 34.5 Å². The second-order valence-corrected chi connectivity index (χ2v) is 10.7. The van der Waals surface area contributed by atoms with Gasteiger partial charge in [-0.25, -0.2) is 0 Å². The van der Waals surface area contributed by atoms with Gasteiger partial charge in [0, 0.05) is 25.4 Å². The van der Waals surface area contributed by atoms with Gasteiger partial charge in [0.2, 0.25) is 5.91 Å². The highest BCUT2D eigenvalue weighted by Crippen LogP contribution is 2.66. The topological polar surface area (TPSA) is 42.0 Å². The van der Waals surface area contributed by atoms with Crippen molar-refractivity contribution in [3.8, 4) is 0 Å². The maximum absolute atomic E-state index is 12.1. The molecule has 3 nitrogen and oxygen atoms in total. The predicted molar refractivity (Wildman–Crippen MR) is 117 cm³/mol. The van der Waals surface area contributed by atoms with Crippen LogP contribution in [0.2, 0.25) is 0 Å². The Morgan fingerprint density at radius 1 is 1.14 bits per heavy atom. The Hall–Kier alpha value is -1.64. The van der Waals surface area contributed by atoms with Gasteiger partial charge in [-0.3, -0.25) is 9.78 Å². The molecule has 156 valence electrons. The monoisotopic (exact) mass is 392 g/mol. The lowest BCUT2D eigenvalue weighted by Gasteiger charge is -2.58. The molecule has 2 saturated carbocycles. The van der Waals surface area contributed by atoms with E-state index in [-0.39, 0.29) is 11.3 Å². The van der Waals surface area contributed by atoms with Crippen molar-refractivity contribution >= 4 is 11.5 Å². The zero-order chi connectivity index (χ0) is 20.2. The molecule has 0 unspecified atom stereocenters. The third-order valence-corrected chi connectivity index (χ3v) is 9.60. The van der Waals surface area contributed by atoms with Gasteiger partial charge < -0.3 is 5.32 Å². The van der Waals surface area contributed by atoms with E-state index in [0.29, 0.717) is 11.3 Å². The fraction of sp³-hybridized carbons (Fsp3) is 0.692. The molecule has 3 fully saturated rings.